The van der Waals surface area contributed by atoms with Crippen LogP contribution >= 0.6 is 11.8 Å². The van der Waals surface area contributed by atoms with Crippen molar-refractivity contribution in [2.75, 3.05) is 11.6 Å². The maximum atomic E-state index is 4.57. The third-order valence-corrected chi connectivity index (χ3v) is 4.62. The minimum atomic E-state index is 0.579. The molecule has 1 aromatic rings. The molecule has 0 aromatic carbocycles. The summed E-state index contributed by atoms with van der Waals surface area (Å²) in [6, 6.07) is 2.64. The maximum Gasteiger partial charge on any atom is 0.130 e. The lowest BCUT2D eigenvalue weighted by Crippen LogP contribution is -2.29. The van der Waals surface area contributed by atoms with E-state index in [4.69, 9.17) is 0 Å². The SMILES string of the molecule is CCc1nc(C)cc(NC2CCCC(SC)C2)n1. The monoisotopic (exact) mass is 265 g/mol. The summed E-state index contributed by atoms with van der Waals surface area (Å²) in [5.74, 6) is 1.95. The molecule has 1 aromatic heterocycles. The van der Waals surface area contributed by atoms with E-state index in [9.17, 15) is 0 Å². The average molecular weight is 265 g/mol. The van der Waals surface area contributed by atoms with Crippen LogP contribution in [-0.4, -0.2) is 27.5 Å². The first-order valence-corrected chi connectivity index (χ1v) is 8.14. The molecule has 0 bridgehead atoms. The lowest BCUT2D eigenvalue weighted by molar-refractivity contribution is 0.472. The van der Waals surface area contributed by atoms with Crippen LogP contribution in [0, 0.1) is 6.92 Å². The molecule has 1 aliphatic carbocycles. The average Bonchev–Trinajstić information content (AvgIpc) is 2.38. The molecule has 0 saturated heterocycles. The summed E-state index contributed by atoms with van der Waals surface area (Å²) in [6.07, 6.45) is 8.33. The molecule has 2 atom stereocenters. The molecule has 2 rings (SSSR count). The molecule has 0 spiro atoms. The van der Waals surface area contributed by atoms with E-state index in [1.165, 1.54) is 25.7 Å². The number of nitrogens with one attached hydrogen (secondary N) is 1. The summed E-state index contributed by atoms with van der Waals surface area (Å²) in [7, 11) is 0. The van der Waals surface area contributed by atoms with Gasteiger partial charge in [0, 0.05) is 29.5 Å². The molecule has 2 unspecified atom stereocenters. The second-order valence-electron chi connectivity index (χ2n) is 5.03. The summed E-state index contributed by atoms with van der Waals surface area (Å²) >= 11 is 2.00. The number of aromatic nitrogens is 2. The van der Waals surface area contributed by atoms with Gasteiger partial charge in [0.25, 0.3) is 0 Å². The van der Waals surface area contributed by atoms with Gasteiger partial charge in [-0.2, -0.15) is 11.8 Å². The summed E-state index contributed by atoms with van der Waals surface area (Å²) < 4.78 is 0. The predicted octanol–water partition coefficient (Wildman–Crippen LogP) is 3.43. The molecule has 1 heterocycles. The van der Waals surface area contributed by atoms with Crippen molar-refractivity contribution < 1.29 is 0 Å². The Hall–Kier alpha value is -0.770. The fourth-order valence-corrected chi connectivity index (χ4v) is 3.39. The van der Waals surface area contributed by atoms with Crippen LogP contribution in [0.5, 0.6) is 0 Å². The van der Waals surface area contributed by atoms with Crippen LogP contribution in [0.3, 0.4) is 0 Å². The van der Waals surface area contributed by atoms with E-state index < -0.39 is 0 Å². The summed E-state index contributed by atoms with van der Waals surface area (Å²) in [6.45, 7) is 4.14. The van der Waals surface area contributed by atoms with Gasteiger partial charge >= 0.3 is 0 Å². The van der Waals surface area contributed by atoms with Gasteiger partial charge in [0.1, 0.15) is 11.6 Å². The largest absolute Gasteiger partial charge is 0.367 e. The molecule has 3 nitrogen and oxygen atoms in total. The van der Waals surface area contributed by atoms with Gasteiger partial charge in [-0.25, -0.2) is 9.97 Å². The summed E-state index contributed by atoms with van der Waals surface area (Å²) in [4.78, 5) is 8.99. The number of anilines is 1. The van der Waals surface area contributed by atoms with Crippen molar-refractivity contribution in [3.63, 3.8) is 0 Å². The lowest BCUT2D eigenvalue weighted by atomic mass is 9.95. The molecule has 1 saturated carbocycles. The number of aryl methyl sites for hydroxylation is 2. The number of hydrogen-bond acceptors (Lipinski definition) is 4. The van der Waals surface area contributed by atoms with E-state index in [1.807, 2.05) is 18.7 Å². The molecule has 1 aliphatic rings. The van der Waals surface area contributed by atoms with Crippen molar-refractivity contribution in [3.8, 4) is 0 Å². The van der Waals surface area contributed by atoms with Gasteiger partial charge in [-0.05, 0) is 32.4 Å². The van der Waals surface area contributed by atoms with Gasteiger partial charge in [-0.1, -0.05) is 13.3 Å². The highest BCUT2D eigenvalue weighted by Crippen LogP contribution is 2.28. The van der Waals surface area contributed by atoms with E-state index in [-0.39, 0.29) is 0 Å². The molecule has 100 valence electrons. The number of nitrogens with zero attached hydrogens (tertiary/aromatic N) is 2. The smallest absolute Gasteiger partial charge is 0.130 e. The van der Waals surface area contributed by atoms with Gasteiger partial charge < -0.3 is 5.32 Å². The molecule has 18 heavy (non-hydrogen) atoms. The van der Waals surface area contributed by atoms with Gasteiger partial charge in [-0.3, -0.25) is 0 Å². The van der Waals surface area contributed by atoms with Crippen molar-refractivity contribution in [2.24, 2.45) is 0 Å². The Kier molecular flexibility index (Phi) is 4.87. The van der Waals surface area contributed by atoms with Gasteiger partial charge in [0.2, 0.25) is 0 Å². The van der Waals surface area contributed by atoms with Crippen LogP contribution in [0.25, 0.3) is 0 Å². The molecular weight excluding hydrogens is 242 g/mol. The van der Waals surface area contributed by atoms with Crippen molar-refractivity contribution in [3.05, 3.63) is 17.6 Å². The third-order valence-electron chi connectivity index (χ3n) is 3.53. The molecule has 0 amide bonds. The van der Waals surface area contributed by atoms with Crippen LogP contribution in [-0.2, 0) is 6.42 Å². The van der Waals surface area contributed by atoms with Crippen LogP contribution in [0.2, 0.25) is 0 Å². The zero-order valence-corrected chi connectivity index (χ0v) is 12.4. The molecule has 4 heteroatoms. The standard InChI is InChI=1S/C14H23N3S/c1-4-13-15-10(2)8-14(17-13)16-11-6-5-7-12(9-11)18-3/h8,11-12H,4-7,9H2,1-3H3,(H,15,16,17). The predicted molar refractivity (Wildman–Crippen MR) is 79.3 cm³/mol. The van der Waals surface area contributed by atoms with Crippen molar-refractivity contribution in [1.29, 1.82) is 0 Å². The zero-order valence-electron chi connectivity index (χ0n) is 11.6. The number of rotatable bonds is 4. The Morgan fingerprint density at radius 1 is 1.39 bits per heavy atom. The lowest BCUT2D eigenvalue weighted by Gasteiger charge is -2.29. The van der Waals surface area contributed by atoms with Gasteiger partial charge in [0.05, 0.1) is 0 Å². The van der Waals surface area contributed by atoms with Crippen LogP contribution in [0.1, 0.15) is 44.1 Å². The van der Waals surface area contributed by atoms with Crippen LogP contribution in [0.4, 0.5) is 5.82 Å². The first kappa shape index (κ1) is 13.7. The third kappa shape index (κ3) is 3.61. The first-order valence-electron chi connectivity index (χ1n) is 6.85. The highest BCUT2D eigenvalue weighted by Gasteiger charge is 2.21. The molecule has 1 N–H and O–H groups in total. The number of hydrogen-bond donors (Lipinski definition) is 1. The topological polar surface area (TPSA) is 37.8 Å². The quantitative estimate of drug-likeness (QED) is 0.905. The van der Waals surface area contributed by atoms with E-state index in [2.05, 4.69) is 34.5 Å². The Bertz CT molecular complexity index is 395. The first-order chi connectivity index (χ1) is 8.71. The summed E-state index contributed by atoms with van der Waals surface area (Å²) in [5, 5.41) is 4.41. The zero-order chi connectivity index (χ0) is 13.0. The minimum Gasteiger partial charge on any atom is -0.367 e. The fraction of sp³-hybridized carbons (Fsp3) is 0.714. The number of thioether (sulfide) groups is 1. The minimum absolute atomic E-state index is 0.579. The highest BCUT2D eigenvalue weighted by molar-refractivity contribution is 7.99. The van der Waals surface area contributed by atoms with Crippen LogP contribution in [0.15, 0.2) is 6.07 Å². The second-order valence-corrected chi connectivity index (χ2v) is 6.17. The van der Waals surface area contributed by atoms with Crippen LogP contribution < -0.4 is 5.32 Å². The molecule has 0 aliphatic heterocycles. The Balaban J connectivity index is 2.02. The maximum absolute atomic E-state index is 4.57. The van der Waals surface area contributed by atoms with E-state index >= 15 is 0 Å². The van der Waals surface area contributed by atoms with Crippen molar-refractivity contribution >= 4 is 17.6 Å². The van der Waals surface area contributed by atoms with E-state index in [0.717, 1.165) is 29.0 Å². The normalized spacial score (nSPS) is 23.9. The van der Waals surface area contributed by atoms with E-state index in [0.29, 0.717) is 6.04 Å². The second kappa shape index (κ2) is 6.41. The van der Waals surface area contributed by atoms with Gasteiger partial charge in [-0.15, -0.1) is 0 Å². The van der Waals surface area contributed by atoms with Crippen molar-refractivity contribution in [2.45, 2.75) is 57.2 Å². The highest BCUT2D eigenvalue weighted by atomic mass is 32.2. The Morgan fingerprint density at radius 3 is 2.94 bits per heavy atom. The van der Waals surface area contributed by atoms with E-state index in [1.54, 1.807) is 0 Å². The fourth-order valence-electron chi connectivity index (χ4n) is 2.56. The molecular formula is C14H23N3S. The van der Waals surface area contributed by atoms with Crippen molar-refractivity contribution in [1.82, 2.24) is 9.97 Å². The van der Waals surface area contributed by atoms with Gasteiger partial charge in [0.15, 0.2) is 0 Å². The summed E-state index contributed by atoms with van der Waals surface area (Å²) in [5.41, 5.74) is 1.06. The Labute approximate surface area is 114 Å². The molecule has 1 fully saturated rings. The Morgan fingerprint density at radius 2 is 2.22 bits per heavy atom. The molecule has 0 radical (unpaired) electrons.